The summed E-state index contributed by atoms with van der Waals surface area (Å²) in [6.45, 7) is 1.88. The Hall–Kier alpha value is -1.85. The maximum absolute atomic E-state index is 12.1. The average molecular weight is 338 g/mol. The molecule has 0 spiro atoms. The molecule has 4 nitrogen and oxygen atoms in total. The van der Waals surface area contributed by atoms with Gasteiger partial charge in [-0.3, -0.25) is 4.79 Å². The van der Waals surface area contributed by atoms with Gasteiger partial charge in [0.05, 0.1) is 5.75 Å². The van der Waals surface area contributed by atoms with Crippen LogP contribution in [0.3, 0.4) is 0 Å². The summed E-state index contributed by atoms with van der Waals surface area (Å²) < 4.78 is 22.5. The number of amides is 1. The van der Waals surface area contributed by atoms with Gasteiger partial charge in [-0.1, -0.05) is 29.8 Å². The Balaban J connectivity index is 2.11. The molecule has 0 saturated carbocycles. The smallest absolute Gasteiger partial charge is 0.255 e. The molecule has 0 saturated heterocycles. The van der Waals surface area contributed by atoms with Crippen molar-refractivity contribution < 1.29 is 13.2 Å². The number of nitrogens with one attached hydrogen (secondary N) is 1. The molecule has 0 unspecified atom stereocenters. The normalized spacial score (nSPS) is 11.2. The number of sulfone groups is 1. The molecule has 0 atom stereocenters. The molecular weight excluding hydrogens is 322 g/mol. The number of anilines is 1. The van der Waals surface area contributed by atoms with Crippen LogP contribution in [0.15, 0.2) is 42.5 Å². The first kappa shape index (κ1) is 16.5. The third-order valence-corrected chi connectivity index (χ3v) is 4.34. The molecule has 0 aliphatic heterocycles. The first-order chi connectivity index (χ1) is 10.2. The molecule has 0 fully saturated rings. The van der Waals surface area contributed by atoms with Gasteiger partial charge in [-0.05, 0) is 42.3 Å². The van der Waals surface area contributed by atoms with E-state index in [-0.39, 0.29) is 11.7 Å². The van der Waals surface area contributed by atoms with Crippen LogP contribution in [0, 0.1) is 6.92 Å². The van der Waals surface area contributed by atoms with Crippen molar-refractivity contribution in [2.24, 2.45) is 0 Å². The van der Waals surface area contributed by atoms with Crippen molar-refractivity contribution in [3.8, 4) is 0 Å². The Morgan fingerprint density at radius 2 is 1.77 bits per heavy atom. The molecule has 2 aromatic rings. The molecule has 0 radical (unpaired) electrons. The minimum atomic E-state index is -3.08. The van der Waals surface area contributed by atoms with Crippen molar-refractivity contribution in [1.29, 1.82) is 0 Å². The zero-order valence-corrected chi connectivity index (χ0v) is 13.8. The Bertz CT molecular complexity index is 799. The summed E-state index contributed by atoms with van der Waals surface area (Å²) in [5.74, 6) is -0.312. The van der Waals surface area contributed by atoms with Gasteiger partial charge in [0.1, 0.15) is 0 Å². The van der Waals surface area contributed by atoms with Crippen LogP contribution >= 0.6 is 11.6 Å². The minimum absolute atomic E-state index is 0.0392. The number of carbonyl (C=O) groups excluding carboxylic acids is 1. The van der Waals surface area contributed by atoms with Gasteiger partial charge in [0.2, 0.25) is 0 Å². The van der Waals surface area contributed by atoms with E-state index in [1.165, 1.54) is 6.26 Å². The molecule has 0 aromatic heterocycles. The molecule has 2 aromatic carbocycles. The van der Waals surface area contributed by atoms with Crippen molar-refractivity contribution in [3.63, 3.8) is 0 Å². The van der Waals surface area contributed by atoms with E-state index in [1.807, 2.05) is 13.0 Å². The largest absolute Gasteiger partial charge is 0.322 e. The second-order valence-corrected chi connectivity index (χ2v) is 7.73. The molecule has 6 heteroatoms. The fourth-order valence-electron chi connectivity index (χ4n) is 1.93. The fourth-order valence-corrected chi connectivity index (χ4v) is 2.91. The van der Waals surface area contributed by atoms with Crippen molar-refractivity contribution in [2.75, 3.05) is 11.6 Å². The van der Waals surface area contributed by atoms with E-state index in [4.69, 9.17) is 11.6 Å². The van der Waals surface area contributed by atoms with Gasteiger partial charge in [-0.25, -0.2) is 8.42 Å². The molecular formula is C16H16ClNO3S. The second kappa shape index (κ2) is 6.50. The summed E-state index contributed by atoms with van der Waals surface area (Å²) in [6.07, 6.45) is 1.18. The van der Waals surface area contributed by atoms with Crippen molar-refractivity contribution in [1.82, 2.24) is 0 Å². The minimum Gasteiger partial charge on any atom is -0.322 e. The predicted octanol–water partition coefficient (Wildman–Crippen LogP) is 3.45. The summed E-state index contributed by atoms with van der Waals surface area (Å²) in [5, 5.41) is 3.34. The first-order valence-electron chi connectivity index (χ1n) is 6.59. The number of hydrogen-bond acceptors (Lipinski definition) is 3. The van der Waals surface area contributed by atoms with Crippen molar-refractivity contribution >= 4 is 33.0 Å². The standard InChI is InChI=1S/C16H16ClNO3S/c1-11-3-8-14(9-15(11)17)18-16(19)13-6-4-12(5-7-13)10-22(2,20)21/h3-9H,10H2,1-2H3,(H,18,19). The van der Waals surface area contributed by atoms with Crippen molar-refractivity contribution in [3.05, 3.63) is 64.2 Å². The van der Waals surface area contributed by atoms with E-state index < -0.39 is 9.84 Å². The van der Waals surface area contributed by atoms with Crippen LogP contribution in [-0.4, -0.2) is 20.6 Å². The average Bonchev–Trinajstić information content (AvgIpc) is 2.42. The number of carbonyl (C=O) groups is 1. The Morgan fingerprint density at radius 1 is 1.14 bits per heavy atom. The topological polar surface area (TPSA) is 63.2 Å². The van der Waals surface area contributed by atoms with E-state index in [9.17, 15) is 13.2 Å². The number of rotatable bonds is 4. The Morgan fingerprint density at radius 3 is 2.32 bits per heavy atom. The van der Waals surface area contributed by atoms with Gasteiger partial charge in [0, 0.05) is 22.5 Å². The highest BCUT2D eigenvalue weighted by Crippen LogP contribution is 2.20. The van der Waals surface area contributed by atoms with Gasteiger partial charge in [0.15, 0.2) is 9.84 Å². The summed E-state index contributed by atoms with van der Waals surface area (Å²) in [4.78, 5) is 12.1. The lowest BCUT2D eigenvalue weighted by Crippen LogP contribution is -2.12. The molecule has 2 rings (SSSR count). The van der Waals surface area contributed by atoms with Crippen LogP contribution in [-0.2, 0) is 15.6 Å². The van der Waals surface area contributed by atoms with Gasteiger partial charge < -0.3 is 5.32 Å². The summed E-state index contributed by atoms with van der Waals surface area (Å²) in [6, 6.07) is 11.8. The molecule has 116 valence electrons. The monoisotopic (exact) mass is 337 g/mol. The van der Waals surface area contributed by atoms with E-state index in [1.54, 1.807) is 36.4 Å². The lowest BCUT2D eigenvalue weighted by molar-refractivity contribution is 0.102. The zero-order valence-electron chi connectivity index (χ0n) is 12.3. The third-order valence-electron chi connectivity index (χ3n) is 3.07. The SMILES string of the molecule is Cc1ccc(NC(=O)c2ccc(CS(C)(=O)=O)cc2)cc1Cl. The highest BCUT2D eigenvalue weighted by Gasteiger charge is 2.09. The van der Waals surface area contributed by atoms with E-state index >= 15 is 0 Å². The highest BCUT2D eigenvalue weighted by atomic mass is 35.5. The van der Waals surface area contributed by atoms with E-state index in [0.29, 0.717) is 21.8 Å². The van der Waals surface area contributed by atoms with Crippen LogP contribution in [0.4, 0.5) is 5.69 Å². The number of hydrogen-bond donors (Lipinski definition) is 1. The summed E-state index contributed by atoms with van der Waals surface area (Å²) in [7, 11) is -3.08. The number of halogens is 1. The fraction of sp³-hybridized carbons (Fsp3) is 0.188. The molecule has 0 heterocycles. The van der Waals surface area contributed by atoms with Gasteiger partial charge in [-0.15, -0.1) is 0 Å². The molecule has 0 bridgehead atoms. The van der Waals surface area contributed by atoms with Crippen LogP contribution in [0.5, 0.6) is 0 Å². The van der Waals surface area contributed by atoms with Crippen molar-refractivity contribution in [2.45, 2.75) is 12.7 Å². The molecule has 0 aliphatic rings. The lowest BCUT2D eigenvalue weighted by atomic mass is 10.1. The van der Waals surface area contributed by atoms with Gasteiger partial charge in [-0.2, -0.15) is 0 Å². The van der Waals surface area contributed by atoms with Crippen LogP contribution in [0.2, 0.25) is 5.02 Å². The molecule has 22 heavy (non-hydrogen) atoms. The van der Waals surface area contributed by atoms with Gasteiger partial charge in [0.25, 0.3) is 5.91 Å². The van der Waals surface area contributed by atoms with Gasteiger partial charge >= 0.3 is 0 Å². The Kier molecular flexibility index (Phi) is 4.88. The zero-order chi connectivity index (χ0) is 16.3. The van der Waals surface area contributed by atoms with E-state index in [2.05, 4.69) is 5.32 Å². The second-order valence-electron chi connectivity index (χ2n) is 5.19. The Labute approximate surface area is 135 Å². The first-order valence-corrected chi connectivity index (χ1v) is 9.02. The number of aryl methyl sites for hydroxylation is 1. The maximum atomic E-state index is 12.1. The molecule has 0 aliphatic carbocycles. The van der Waals surface area contributed by atoms with Crippen LogP contribution in [0.25, 0.3) is 0 Å². The summed E-state index contributed by atoms with van der Waals surface area (Å²) >= 11 is 6.02. The lowest BCUT2D eigenvalue weighted by Gasteiger charge is -2.07. The highest BCUT2D eigenvalue weighted by molar-refractivity contribution is 7.89. The molecule has 1 N–H and O–H groups in total. The van der Waals surface area contributed by atoms with Crippen LogP contribution < -0.4 is 5.32 Å². The maximum Gasteiger partial charge on any atom is 0.255 e. The van der Waals surface area contributed by atoms with Crippen LogP contribution in [0.1, 0.15) is 21.5 Å². The molecule has 1 amide bonds. The predicted molar refractivity (Wildman–Crippen MR) is 89.1 cm³/mol. The third kappa shape index (κ3) is 4.58. The summed E-state index contributed by atoms with van der Waals surface area (Å²) in [5.41, 5.74) is 2.65. The number of benzene rings is 2. The quantitative estimate of drug-likeness (QED) is 0.929. The van der Waals surface area contributed by atoms with E-state index in [0.717, 1.165) is 5.56 Å².